The minimum Gasteiger partial charge on any atom is -0.489 e. The number of hydrogen-bond donors (Lipinski definition) is 1. The summed E-state index contributed by atoms with van der Waals surface area (Å²) in [7, 11) is 0. The van der Waals surface area contributed by atoms with Crippen molar-refractivity contribution in [3.05, 3.63) is 41.5 Å². The van der Waals surface area contributed by atoms with Crippen molar-refractivity contribution in [2.24, 2.45) is 11.8 Å². The molecule has 0 aromatic heterocycles. The molecular formula is C26H34O3. The zero-order valence-corrected chi connectivity index (χ0v) is 17.8. The molecule has 1 fully saturated rings. The summed E-state index contributed by atoms with van der Waals surface area (Å²) in [6.07, 6.45) is 12.3. The third-order valence-corrected chi connectivity index (χ3v) is 6.41. The maximum absolute atomic E-state index is 10.7. The molecule has 0 bridgehead atoms. The Morgan fingerprint density at radius 1 is 1.34 bits per heavy atom. The number of aldehydes is 1. The molecule has 1 aromatic carbocycles. The van der Waals surface area contributed by atoms with Crippen LogP contribution in [0.2, 0.25) is 0 Å². The Kier molecular flexibility index (Phi) is 7.95. The Morgan fingerprint density at radius 2 is 2.21 bits per heavy atom. The van der Waals surface area contributed by atoms with E-state index in [4.69, 9.17) is 4.74 Å². The van der Waals surface area contributed by atoms with Gasteiger partial charge < -0.3 is 14.6 Å². The molecule has 3 nitrogen and oxygen atoms in total. The third kappa shape index (κ3) is 5.11. The summed E-state index contributed by atoms with van der Waals surface area (Å²) in [5.41, 5.74) is 2.53. The summed E-state index contributed by atoms with van der Waals surface area (Å²) in [5, 5.41) is 10.7. The van der Waals surface area contributed by atoms with Crippen LogP contribution in [0.3, 0.4) is 0 Å². The minimum absolute atomic E-state index is 0.206. The first-order valence-electron chi connectivity index (χ1n) is 11.2. The van der Waals surface area contributed by atoms with Crippen LogP contribution in [0, 0.1) is 23.7 Å². The van der Waals surface area contributed by atoms with E-state index in [1.54, 1.807) is 0 Å². The Hall–Kier alpha value is -2.05. The van der Waals surface area contributed by atoms with Gasteiger partial charge in [-0.15, -0.1) is 11.8 Å². The standard InChI is InChI=1S/C26H34O3/c1-3-5-10-19(9-4-2)23(28)16-14-20-15-17-24-25(20)22-13-8-12-21(26(22)29-24)11-6-7-18-27/h8,12-14,16,18-20,23-25,28H,4,6-7,9-11,15,17H2,1-2H3/b16-14+/t19?,20?,23-,24+,25+/m1/s1. The fourth-order valence-electron chi connectivity index (χ4n) is 4.92. The van der Waals surface area contributed by atoms with Gasteiger partial charge in [0.1, 0.15) is 18.1 Å². The SMILES string of the molecule is CC#CCC(CCC)[C@H](O)/C=C/C1CC[C@@H]2Oc3c(CCCC=O)cccc3[C@H]12. The van der Waals surface area contributed by atoms with Crippen molar-refractivity contribution in [3.8, 4) is 17.6 Å². The highest BCUT2D eigenvalue weighted by molar-refractivity contribution is 5.51. The van der Waals surface area contributed by atoms with Crippen molar-refractivity contribution in [1.82, 2.24) is 0 Å². The van der Waals surface area contributed by atoms with E-state index >= 15 is 0 Å². The van der Waals surface area contributed by atoms with Gasteiger partial charge in [0.2, 0.25) is 0 Å². The molecule has 1 saturated carbocycles. The number of ether oxygens (including phenoxy) is 1. The molecule has 2 unspecified atom stereocenters. The van der Waals surface area contributed by atoms with E-state index in [9.17, 15) is 9.90 Å². The molecule has 1 N–H and O–H groups in total. The molecule has 1 aliphatic heterocycles. The number of hydrogen-bond acceptors (Lipinski definition) is 3. The van der Waals surface area contributed by atoms with Crippen molar-refractivity contribution in [3.63, 3.8) is 0 Å². The number of carbonyl (C=O) groups excluding carboxylic acids is 1. The van der Waals surface area contributed by atoms with E-state index < -0.39 is 6.10 Å². The average Bonchev–Trinajstić information content (AvgIpc) is 3.29. The normalized spacial score (nSPS) is 24.3. The lowest BCUT2D eigenvalue weighted by molar-refractivity contribution is -0.107. The van der Waals surface area contributed by atoms with Gasteiger partial charge in [0.05, 0.1) is 6.10 Å². The number of fused-ring (bicyclic) bond motifs is 3. The summed E-state index contributed by atoms with van der Waals surface area (Å²) in [5.74, 6) is 8.12. The fourth-order valence-corrected chi connectivity index (χ4v) is 4.92. The van der Waals surface area contributed by atoms with Crippen LogP contribution < -0.4 is 4.74 Å². The third-order valence-electron chi connectivity index (χ3n) is 6.41. The van der Waals surface area contributed by atoms with Crippen molar-refractivity contribution < 1.29 is 14.6 Å². The number of rotatable bonds is 10. The van der Waals surface area contributed by atoms with E-state index in [0.717, 1.165) is 57.0 Å². The Balaban J connectivity index is 1.71. The smallest absolute Gasteiger partial charge is 0.126 e. The number of benzene rings is 1. The number of aliphatic hydroxyl groups excluding tert-OH is 1. The first-order valence-corrected chi connectivity index (χ1v) is 11.2. The first-order chi connectivity index (χ1) is 14.2. The molecule has 0 saturated heterocycles. The molecule has 0 amide bonds. The van der Waals surface area contributed by atoms with Gasteiger partial charge in [-0.1, -0.05) is 43.7 Å². The van der Waals surface area contributed by atoms with Crippen LogP contribution in [-0.4, -0.2) is 23.6 Å². The van der Waals surface area contributed by atoms with Crippen LogP contribution in [0.15, 0.2) is 30.4 Å². The molecule has 5 atom stereocenters. The number of para-hydroxylation sites is 1. The maximum Gasteiger partial charge on any atom is 0.126 e. The second kappa shape index (κ2) is 10.6. The summed E-state index contributed by atoms with van der Waals surface area (Å²) < 4.78 is 6.37. The van der Waals surface area contributed by atoms with Gasteiger partial charge in [0.25, 0.3) is 0 Å². The predicted octanol–water partition coefficient (Wildman–Crippen LogP) is 5.21. The number of unbranched alkanes of at least 4 members (excludes halogenated alkanes) is 1. The van der Waals surface area contributed by atoms with Crippen LogP contribution in [0.25, 0.3) is 0 Å². The molecule has 1 aromatic rings. The minimum atomic E-state index is -0.439. The highest BCUT2D eigenvalue weighted by Crippen LogP contribution is 2.51. The lowest BCUT2D eigenvalue weighted by atomic mass is 9.86. The largest absolute Gasteiger partial charge is 0.489 e. The van der Waals surface area contributed by atoms with Gasteiger partial charge in [-0.3, -0.25) is 0 Å². The van der Waals surface area contributed by atoms with Gasteiger partial charge in [-0.2, -0.15) is 0 Å². The van der Waals surface area contributed by atoms with Crippen LogP contribution in [0.4, 0.5) is 0 Å². The number of aliphatic hydroxyl groups is 1. The van der Waals surface area contributed by atoms with Gasteiger partial charge in [-0.25, -0.2) is 0 Å². The molecule has 3 heteroatoms. The molecular weight excluding hydrogens is 360 g/mol. The number of carbonyl (C=O) groups is 1. The zero-order chi connectivity index (χ0) is 20.6. The Labute approximate surface area is 175 Å². The van der Waals surface area contributed by atoms with Crippen molar-refractivity contribution in [2.75, 3.05) is 0 Å². The number of aryl methyl sites for hydroxylation is 1. The molecule has 1 heterocycles. The molecule has 3 rings (SSSR count). The molecule has 0 radical (unpaired) electrons. The van der Waals surface area contributed by atoms with Gasteiger partial charge in [0, 0.05) is 24.3 Å². The van der Waals surface area contributed by atoms with E-state index in [-0.39, 0.29) is 12.0 Å². The fraction of sp³-hybridized carbons (Fsp3) is 0.577. The zero-order valence-electron chi connectivity index (χ0n) is 17.8. The van der Waals surface area contributed by atoms with E-state index in [0.29, 0.717) is 18.3 Å². The molecule has 1 aliphatic carbocycles. The topological polar surface area (TPSA) is 46.5 Å². The van der Waals surface area contributed by atoms with Crippen LogP contribution in [-0.2, 0) is 11.2 Å². The van der Waals surface area contributed by atoms with Crippen molar-refractivity contribution in [2.45, 2.75) is 83.3 Å². The highest BCUT2D eigenvalue weighted by atomic mass is 16.5. The Morgan fingerprint density at radius 3 is 2.97 bits per heavy atom. The van der Waals surface area contributed by atoms with Crippen LogP contribution in [0.5, 0.6) is 5.75 Å². The first kappa shape index (κ1) is 21.7. The van der Waals surface area contributed by atoms with E-state index in [1.165, 1.54) is 11.1 Å². The van der Waals surface area contributed by atoms with Crippen molar-refractivity contribution >= 4 is 6.29 Å². The van der Waals surface area contributed by atoms with Gasteiger partial charge >= 0.3 is 0 Å². The molecule has 29 heavy (non-hydrogen) atoms. The van der Waals surface area contributed by atoms with E-state index in [1.807, 2.05) is 13.0 Å². The monoisotopic (exact) mass is 394 g/mol. The predicted molar refractivity (Wildman–Crippen MR) is 117 cm³/mol. The maximum atomic E-state index is 10.7. The highest BCUT2D eigenvalue weighted by Gasteiger charge is 2.44. The molecule has 156 valence electrons. The average molecular weight is 395 g/mol. The van der Waals surface area contributed by atoms with Crippen LogP contribution in [0.1, 0.15) is 75.8 Å². The quantitative estimate of drug-likeness (QED) is 0.256. The summed E-state index contributed by atoms with van der Waals surface area (Å²) in [6.45, 7) is 4.01. The second-order valence-corrected chi connectivity index (χ2v) is 8.37. The lowest BCUT2D eigenvalue weighted by Crippen LogP contribution is -2.19. The van der Waals surface area contributed by atoms with Gasteiger partial charge in [-0.05, 0) is 56.4 Å². The molecule has 0 spiro atoms. The van der Waals surface area contributed by atoms with Crippen molar-refractivity contribution in [1.29, 1.82) is 0 Å². The summed E-state index contributed by atoms with van der Waals surface area (Å²) in [4.78, 5) is 10.6. The van der Waals surface area contributed by atoms with Crippen LogP contribution >= 0.6 is 0 Å². The Bertz CT molecular complexity index is 770. The summed E-state index contributed by atoms with van der Waals surface area (Å²) in [6, 6.07) is 6.45. The second-order valence-electron chi connectivity index (χ2n) is 8.37. The van der Waals surface area contributed by atoms with E-state index in [2.05, 4.69) is 43.0 Å². The number of allylic oxidation sites excluding steroid dienone is 1. The summed E-state index contributed by atoms with van der Waals surface area (Å²) >= 11 is 0. The van der Waals surface area contributed by atoms with Gasteiger partial charge in [0.15, 0.2) is 0 Å². The lowest BCUT2D eigenvalue weighted by Gasteiger charge is -2.19. The molecule has 2 aliphatic rings.